The quantitative estimate of drug-likeness (QED) is 0.901. The number of carbonyl (C=O) groups excluding carboxylic acids is 2. The lowest BCUT2D eigenvalue weighted by atomic mass is 10.0. The van der Waals surface area contributed by atoms with E-state index in [4.69, 9.17) is 0 Å². The number of amides is 2. The number of nitrogens with zero attached hydrogens (tertiary/aromatic N) is 1. The highest BCUT2D eigenvalue weighted by molar-refractivity contribution is 9.10. The summed E-state index contributed by atoms with van der Waals surface area (Å²) in [4.78, 5) is 26.3. The van der Waals surface area contributed by atoms with Crippen molar-refractivity contribution in [3.63, 3.8) is 0 Å². The minimum Gasteiger partial charge on any atom is -0.343 e. The third-order valence-corrected chi connectivity index (χ3v) is 4.12. The summed E-state index contributed by atoms with van der Waals surface area (Å²) in [6.45, 7) is 7.57. The number of piperazine rings is 1. The van der Waals surface area contributed by atoms with Crippen LogP contribution in [0, 0.1) is 13.8 Å². The summed E-state index contributed by atoms with van der Waals surface area (Å²) in [5.74, 6) is -0.133. The summed E-state index contributed by atoms with van der Waals surface area (Å²) in [5, 5.41) is 2.74. The molecule has 20 heavy (non-hydrogen) atoms. The van der Waals surface area contributed by atoms with Crippen LogP contribution in [0.5, 0.6) is 0 Å². The number of benzene rings is 1. The summed E-state index contributed by atoms with van der Waals surface area (Å²) >= 11 is 3.46. The van der Waals surface area contributed by atoms with Gasteiger partial charge in [0.15, 0.2) is 0 Å². The zero-order valence-corrected chi connectivity index (χ0v) is 13.7. The van der Waals surface area contributed by atoms with E-state index in [2.05, 4.69) is 21.2 Å². The molecule has 108 valence electrons. The summed E-state index contributed by atoms with van der Waals surface area (Å²) < 4.78 is 0.978. The van der Waals surface area contributed by atoms with Crippen molar-refractivity contribution in [2.75, 3.05) is 4.90 Å². The highest BCUT2D eigenvalue weighted by atomic mass is 79.9. The largest absolute Gasteiger partial charge is 0.343 e. The molecule has 5 heteroatoms. The van der Waals surface area contributed by atoms with E-state index in [0.717, 1.165) is 21.3 Å². The smallest absolute Gasteiger partial charge is 0.250 e. The van der Waals surface area contributed by atoms with Gasteiger partial charge >= 0.3 is 0 Å². The maximum absolute atomic E-state index is 12.5. The molecular weight excluding hydrogens is 320 g/mol. The van der Waals surface area contributed by atoms with Crippen LogP contribution >= 0.6 is 15.9 Å². The van der Waals surface area contributed by atoms with E-state index in [1.54, 1.807) is 11.8 Å². The lowest BCUT2D eigenvalue weighted by molar-refractivity contribution is -0.133. The second-order valence-corrected chi connectivity index (χ2v) is 6.17. The minimum atomic E-state index is -0.479. The van der Waals surface area contributed by atoms with E-state index in [-0.39, 0.29) is 11.8 Å². The lowest BCUT2D eigenvalue weighted by Gasteiger charge is -2.39. The molecule has 0 aromatic heterocycles. The summed E-state index contributed by atoms with van der Waals surface area (Å²) in [5.41, 5.74) is 2.84. The Kier molecular flexibility index (Phi) is 4.18. The third kappa shape index (κ3) is 2.46. The van der Waals surface area contributed by atoms with E-state index in [1.165, 1.54) is 0 Å². The van der Waals surface area contributed by atoms with Crippen molar-refractivity contribution in [1.29, 1.82) is 0 Å². The minimum absolute atomic E-state index is 0.0510. The van der Waals surface area contributed by atoms with E-state index < -0.39 is 12.1 Å². The second kappa shape index (κ2) is 5.56. The molecule has 4 nitrogen and oxygen atoms in total. The van der Waals surface area contributed by atoms with Crippen LogP contribution in [0.15, 0.2) is 16.6 Å². The van der Waals surface area contributed by atoms with Crippen molar-refractivity contribution in [2.24, 2.45) is 0 Å². The van der Waals surface area contributed by atoms with Crippen molar-refractivity contribution < 1.29 is 9.59 Å². The molecule has 1 aromatic carbocycles. The van der Waals surface area contributed by atoms with E-state index >= 15 is 0 Å². The van der Waals surface area contributed by atoms with Crippen LogP contribution in [0.2, 0.25) is 0 Å². The number of carbonyl (C=O) groups is 2. The molecule has 1 aliphatic rings. The maximum atomic E-state index is 12.5. The van der Waals surface area contributed by atoms with E-state index in [9.17, 15) is 9.59 Å². The monoisotopic (exact) mass is 338 g/mol. The molecule has 1 aliphatic heterocycles. The number of hydrogen-bond donors (Lipinski definition) is 1. The molecule has 0 bridgehead atoms. The first-order valence-corrected chi connectivity index (χ1v) is 7.56. The molecule has 0 spiro atoms. The molecule has 1 saturated heterocycles. The predicted molar refractivity (Wildman–Crippen MR) is 82.8 cm³/mol. The Balaban J connectivity index is 2.58. The number of rotatable bonds is 2. The number of hydrogen-bond acceptors (Lipinski definition) is 2. The van der Waals surface area contributed by atoms with Gasteiger partial charge in [-0.2, -0.15) is 0 Å². The molecule has 1 heterocycles. The van der Waals surface area contributed by atoms with Gasteiger partial charge in [0, 0.05) is 4.47 Å². The van der Waals surface area contributed by atoms with Gasteiger partial charge in [0.1, 0.15) is 12.1 Å². The van der Waals surface area contributed by atoms with Crippen LogP contribution in [0.1, 0.15) is 31.4 Å². The lowest BCUT2D eigenvalue weighted by Crippen LogP contribution is -2.62. The zero-order valence-electron chi connectivity index (χ0n) is 12.2. The predicted octanol–water partition coefficient (Wildman–Crippen LogP) is 2.70. The van der Waals surface area contributed by atoms with Crippen molar-refractivity contribution in [3.05, 3.63) is 27.7 Å². The van der Waals surface area contributed by atoms with Gasteiger partial charge in [-0.1, -0.05) is 22.9 Å². The van der Waals surface area contributed by atoms with Crippen LogP contribution in [-0.2, 0) is 9.59 Å². The fourth-order valence-corrected chi connectivity index (χ4v) is 3.45. The molecule has 0 aliphatic carbocycles. The van der Waals surface area contributed by atoms with Gasteiger partial charge in [0.25, 0.3) is 0 Å². The van der Waals surface area contributed by atoms with Crippen molar-refractivity contribution in [3.8, 4) is 0 Å². The van der Waals surface area contributed by atoms with Gasteiger partial charge in [-0.25, -0.2) is 0 Å². The van der Waals surface area contributed by atoms with Crippen molar-refractivity contribution in [2.45, 2.75) is 46.2 Å². The van der Waals surface area contributed by atoms with Crippen LogP contribution in [0.4, 0.5) is 5.69 Å². The van der Waals surface area contributed by atoms with Crippen LogP contribution in [0.3, 0.4) is 0 Å². The normalized spacial score (nSPS) is 22.9. The SMILES string of the molecule is CCC1C(=O)NC(C)C(=O)N1c1c(C)cc(Br)cc1C. The Morgan fingerprint density at radius 2 is 1.80 bits per heavy atom. The molecule has 0 saturated carbocycles. The Hall–Kier alpha value is -1.36. The highest BCUT2D eigenvalue weighted by Gasteiger charge is 2.39. The third-order valence-electron chi connectivity index (χ3n) is 3.66. The average molecular weight is 339 g/mol. The average Bonchev–Trinajstić information content (AvgIpc) is 2.34. The van der Waals surface area contributed by atoms with Gasteiger partial charge in [-0.15, -0.1) is 0 Å². The maximum Gasteiger partial charge on any atom is 0.250 e. The Morgan fingerprint density at radius 1 is 1.25 bits per heavy atom. The number of aryl methyl sites for hydroxylation is 2. The van der Waals surface area contributed by atoms with E-state index in [1.807, 2.05) is 32.9 Å². The molecule has 2 rings (SSSR count). The number of halogens is 1. The summed E-state index contributed by atoms with van der Waals surface area (Å²) in [6, 6.07) is 3.03. The van der Waals surface area contributed by atoms with Crippen LogP contribution < -0.4 is 10.2 Å². The molecule has 2 unspecified atom stereocenters. The van der Waals surface area contributed by atoms with Crippen LogP contribution in [0.25, 0.3) is 0 Å². The summed E-state index contributed by atoms with van der Waals surface area (Å²) in [7, 11) is 0. The molecule has 1 fully saturated rings. The summed E-state index contributed by atoms with van der Waals surface area (Å²) in [6.07, 6.45) is 0.596. The van der Waals surface area contributed by atoms with Crippen LogP contribution in [-0.4, -0.2) is 23.9 Å². The molecule has 2 atom stereocenters. The molecule has 1 aromatic rings. The van der Waals surface area contributed by atoms with Gasteiger partial charge < -0.3 is 5.32 Å². The molecule has 2 amide bonds. The Morgan fingerprint density at radius 3 is 2.30 bits per heavy atom. The first-order chi connectivity index (χ1) is 9.36. The first kappa shape index (κ1) is 15.0. The first-order valence-electron chi connectivity index (χ1n) is 6.77. The molecule has 1 N–H and O–H groups in total. The standard InChI is InChI=1S/C15H19BrN2O2/c1-5-12-14(19)17-10(4)15(20)18(12)13-8(2)6-11(16)7-9(13)3/h6-7,10,12H,5H2,1-4H3,(H,17,19). The van der Waals surface area contributed by atoms with Gasteiger partial charge in [0.05, 0.1) is 5.69 Å². The Labute approximate surface area is 127 Å². The van der Waals surface area contributed by atoms with Crippen molar-refractivity contribution >= 4 is 33.4 Å². The van der Waals surface area contributed by atoms with E-state index in [0.29, 0.717) is 6.42 Å². The van der Waals surface area contributed by atoms with Gasteiger partial charge in [-0.05, 0) is 50.5 Å². The highest BCUT2D eigenvalue weighted by Crippen LogP contribution is 2.32. The zero-order chi connectivity index (χ0) is 15.0. The Bertz CT molecular complexity index is 548. The van der Waals surface area contributed by atoms with Gasteiger partial charge in [-0.3, -0.25) is 14.5 Å². The fraction of sp³-hybridized carbons (Fsp3) is 0.467. The van der Waals surface area contributed by atoms with Gasteiger partial charge in [0.2, 0.25) is 11.8 Å². The van der Waals surface area contributed by atoms with Crippen molar-refractivity contribution in [1.82, 2.24) is 5.32 Å². The molecular formula is C15H19BrN2O2. The number of nitrogens with one attached hydrogen (secondary N) is 1. The number of anilines is 1. The second-order valence-electron chi connectivity index (χ2n) is 5.25. The fourth-order valence-electron chi connectivity index (χ4n) is 2.77. The molecule has 0 radical (unpaired) electrons. The topological polar surface area (TPSA) is 49.4 Å².